The average molecular weight is 283 g/mol. The molecule has 3 nitrogen and oxygen atoms in total. The minimum Gasteiger partial charge on any atom is -0.349 e. The van der Waals surface area contributed by atoms with Gasteiger partial charge in [0.15, 0.2) is 0 Å². The standard InChI is InChI=1S/C12H15BrN2O/c1-2-12(16)15-11-5-3-4-8-9(11)6-14-7-10(8)13/h6-7,11H,2-5H2,1H3,(H,15,16)/t11-/m1/s1. The molecule has 0 saturated heterocycles. The molecule has 0 unspecified atom stereocenters. The van der Waals surface area contributed by atoms with Crippen molar-refractivity contribution in [1.29, 1.82) is 0 Å². The molecule has 1 amide bonds. The van der Waals surface area contributed by atoms with Gasteiger partial charge in [0.1, 0.15) is 0 Å². The number of pyridine rings is 1. The van der Waals surface area contributed by atoms with Crippen molar-refractivity contribution in [3.05, 3.63) is 28.0 Å². The summed E-state index contributed by atoms with van der Waals surface area (Å²) < 4.78 is 1.06. The van der Waals surface area contributed by atoms with Crippen molar-refractivity contribution >= 4 is 21.8 Å². The number of carbonyl (C=O) groups is 1. The maximum atomic E-state index is 11.4. The first-order valence-corrected chi connectivity index (χ1v) is 6.43. The first kappa shape index (κ1) is 11.6. The maximum absolute atomic E-state index is 11.4. The Labute approximate surface area is 104 Å². The van der Waals surface area contributed by atoms with Crippen molar-refractivity contribution in [3.8, 4) is 0 Å². The smallest absolute Gasteiger partial charge is 0.220 e. The second-order valence-corrected chi connectivity index (χ2v) is 4.91. The fraction of sp³-hybridized carbons (Fsp3) is 0.500. The summed E-state index contributed by atoms with van der Waals surface area (Å²) in [6, 6.07) is 0.140. The van der Waals surface area contributed by atoms with Crippen LogP contribution in [0.1, 0.15) is 43.4 Å². The summed E-state index contributed by atoms with van der Waals surface area (Å²) in [4.78, 5) is 15.6. The van der Waals surface area contributed by atoms with Crippen LogP contribution in [0.15, 0.2) is 16.9 Å². The van der Waals surface area contributed by atoms with Gasteiger partial charge in [-0.2, -0.15) is 0 Å². The number of nitrogens with one attached hydrogen (secondary N) is 1. The van der Waals surface area contributed by atoms with E-state index >= 15 is 0 Å². The van der Waals surface area contributed by atoms with E-state index in [9.17, 15) is 4.79 Å². The molecule has 1 aromatic heterocycles. The van der Waals surface area contributed by atoms with E-state index in [4.69, 9.17) is 0 Å². The van der Waals surface area contributed by atoms with Crippen LogP contribution >= 0.6 is 15.9 Å². The molecule has 0 spiro atoms. The molecular weight excluding hydrogens is 268 g/mol. The largest absolute Gasteiger partial charge is 0.349 e. The van der Waals surface area contributed by atoms with E-state index in [0.29, 0.717) is 6.42 Å². The van der Waals surface area contributed by atoms with Gasteiger partial charge in [-0.05, 0) is 46.3 Å². The van der Waals surface area contributed by atoms with Gasteiger partial charge in [-0.25, -0.2) is 0 Å². The van der Waals surface area contributed by atoms with Crippen LogP contribution in [0.3, 0.4) is 0 Å². The lowest BCUT2D eigenvalue weighted by Gasteiger charge is -2.26. The van der Waals surface area contributed by atoms with Gasteiger partial charge in [0.05, 0.1) is 6.04 Å². The van der Waals surface area contributed by atoms with Crippen LogP contribution in [0.2, 0.25) is 0 Å². The number of amides is 1. The van der Waals surface area contributed by atoms with E-state index < -0.39 is 0 Å². The zero-order valence-electron chi connectivity index (χ0n) is 9.29. The zero-order valence-corrected chi connectivity index (χ0v) is 10.9. The molecule has 1 N–H and O–H groups in total. The third kappa shape index (κ3) is 2.26. The van der Waals surface area contributed by atoms with E-state index in [1.54, 1.807) is 0 Å². The highest BCUT2D eigenvalue weighted by atomic mass is 79.9. The third-order valence-electron chi connectivity index (χ3n) is 2.99. The van der Waals surface area contributed by atoms with Crippen molar-refractivity contribution in [2.75, 3.05) is 0 Å². The molecule has 1 atom stereocenters. The summed E-state index contributed by atoms with van der Waals surface area (Å²) in [5.74, 6) is 0.109. The number of rotatable bonds is 2. The Morgan fingerprint density at radius 2 is 2.44 bits per heavy atom. The summed E-state index contributed by atoms with van der Waals surface area (Å²) in [5.41, 5.74) is 2.46. The van der Waals surface area contributed by atoms with Crippen molar-refractivity contribution in [1.82, 2.24) is 10.3 Å². The Bertz CT molecular complexity index is 406. The van der Waals surface area contributed by atoms with Gasteiger partial charge in [-0.15, -0.1) is 0 Å². The topological polar surface area (TPSA) is 42.0 Å². The van der Waals surface area contributed by atoms with Crippen LogP contribution in [0.5, 0.6) is 0 Å². The highest BCUT2D eigenvalue weighted by Crippen LogP contribution is 2.33. The second-order valence-electron chi connectivity index (χ2n) is 4.05. The molecule has 0 fully saturated rings. The van der Waals surface area contributed by atoms with Crippen LogP contribution < -0.4 is 5.32 Å². The Balaban J connectivity index is 2.26. The van der Waals surface area contributed by atoms with Crippen molar-refractivity contribution in [2.24, 2.45) is 0 Å². The molecule has 2 rings (SSSR count). The molecule has 86 valence electrons. The Morgan fingerprint density at radius 1 is 1.62 bits per heavy atom. The van der Waals surface area contributed by atoms with Gasteiger partial charge in [0.25, 0.3) is 0 Å². The molecule has 1 heterocycles. The van der Waals surface area contributed by atoms with Crippen LogP contribution in [-0.2, 0) is 11.2 Å². The van der Waals surface area contributed by atoms with E-state index in [1.165, 1.54) is 11.1 Å². The van der Waals surface area contributed by atoms with E-state index in [-0.39, 0.29) is 11.9 Å². The normalized spacial score (nSPS) is 19.0. The highest BCUT2D eigenvalue weighted by molar-refractivity contribution is 9.10. The summed E-state index contributed by atoms with van der Waals surface area (Å²) >= 11 is 3.52. The maximum Gasteiger partial charge on any atom is 0.220 e. The van der Waals surface area contributed by atoms with Crippen molar-refractivity contribution < 1.29 is 4.79 Å². The minimum absolute atomic E-state index is 0.109. The van der Waals surface area contributed by atoms with E-state index in [0.717, 1.165) is 23.7 Å². The molecule has 0 radical (unpaired) electrons. The van der Waals surface area contributed by atoms with Gasteiger partial charge < -0.3 is 5.32 Å². The van der Waals surface area contributed by atoms with Crippen molar-refractivity contribution in [3.63, 3.8) is 0 Å². The summed E-state index contributed by atoms with van der Waals surface area (Å²) in [6.07, 6.45) is 7.42. The lowest BCUT2D eigenvalue weighted by Crippen LogP contribution is -2.30. The fourth-order valence-corrected chi connectivity index (χ4v) is 2.67. The minimum atomic E-state index is 0.109. The van der Waals surface area contributed by atoms with E-state index in [1.807, 2.05) is 19.3 Å². The van der Waals surface area contributed by atoms with Crippen LogP contribution in [0.4, 0.5) is 0 Å². The predicted octanol–water partition coefficient (Wildman–Crippen LogP) is 2.75. The van der Waals surface area contributed by atoms with Gasteiger partial charge in [-0.1, -0.05) is 6.92 Å². The molecule has 16 heavy (non-hydrogen) atoms. The Hall–Kier alpha value is -0.900. The quantitative estimate of drug-likeness (QED) is 0.906. The third-order valence-corrected chi connectivity index (χ3v) is 3.67. The molecule has 1 aromatic rings. The number of hydrogen-bond donors (Lipinski definition) is 1. The average Bonchev–Trinajstić information content (AvgIpc) is 2.30. The number of fused-ring (bicyclic) bond motifs is 1. The van der Waals surface area contributed by atoms with Crippen LogP contribution in [0.25, 0.3) is 0 Å². The number of carbonyl (C=O) groups excluding carboxylic acids is 1. The van der Waals surface area contributed by atoms with Gasteiger partial charge in [0, 0.05) is 23.3 Å². The summed E-state index contributed by atoms with van der Waals surface area (Å²) in [7, 11) is 0. The Morgan fingerprint density at radius 3 is 3.19 bits per heavy atom. The predicted molar refractivity (Wildman–Crippen MR) is 66.0 cm³/mol. The SMILES string of the molecule is CCC(=O)N[C@@H]1CCCc2c(Br)cncc21. The van der Waals surface area contributed by atoms with Crippen LogP contribution in [0, 0.1) is 0 Å². The number of hydrogen-bond acceptors (Lipinski definition) is 2. The molecule has 1 aliphatic carbocycles. The molecule has 1 aliphatic rings. The highest BCUT2D eigenvalue weighted by Gasteiger charge is 2.22. The molecule has 0 saturated carbocycles. The van der Waals surface area contributed by atoms with Crippen molar-refractivity contribution in [2.45, 2.75) is 38.6 Å². The van der Waals surface area contributed by atoms with Crippen LogP contribution in [-0.4, -0.2) is 10.9 Å². The first-order valence-electron chi connectivity index (χ1n) is 5.64. The number of halogens is 1. The van der Waals surface area contributed by atoms with Gasteiger partial charge in [-0.3, -0.25) is 9.78 Å². The first-order chi connectivity index (χ1) is 7.72. The Kier molecular flexibility index (Phi) is 3.59. The second kappa shape index (κ2) is 4.95. The molecule has 0 aliphatic heterocycles. The lowest BCUT2D eigenvalue weighted by atomic mass is 9.89. The van der Waals surface area contributed by atoms with E-state index in [2.05, 4.69) is 26.2 Å². The fourth-order valence-electron chi connectivity index (χ4n) is 2.13. The molecule has 0 aromatic carbocycles. The molecule has 0 bridgehead atoms. The summed E-state index contributed by atoms with van der Waals surface area (Å²) in [5, 5.41) is 3.05. The zero-order chi connectivity index (χ0) is 11.5. The lowest BCUT2D eigenvalue weighted by molar-refractivity contribution is -0.121. The molecular formula is C12H15BrN2O. The van der Waals surface area contributed by atoms with Gasteiger partial charge in [0.2, 0.25) is 5.91 Å². The molecule has 4 heteroatoms. The summed E-state index contributed by atoms with van der Waals surface area (Å²) in [6.45, 7) is 1.87. The van der Waals surface area contributed by atoms with Gasteiger partial charge >= 0.3 is 0 Å². The number of aromatic nitrogens is 1. The number of nitrogens with zero attached hydrogens (tertiary/aromatic N) is 1. The monoisotopic (exact) mass is 282 g/mol.